The van der Waals surface area contributed by atoms with Gasteiger partial charge in [-0.1, -0.05) is 50.1 Å². The van der Waals surface area contributed by atoms with E-state index >= 15 is 0 Å². The molecule has 0 aromatic heterocycles. The zero-order chi connectivity index (χ0) is 12.3. The summed E-state index contributed by atoms with van der Waals surface area (Å²) in [5.41, 5.74) is 1.25. The third-order valence-corrected chi connectivity index (χ3v) is 2.61. The number of hydrogen-bond acceptors (Lipinski definition) is 1. The molecule has 0 aliphatic heterocycles. The SMILES string of the molecule is CCCCCNC(=O)NCCc1ccccc1. The van der Waals surface area contributed by atoms with E-state index < -0.39 is 0 Å². The molecule has 17 heavy (non-hydrogen) atoms. The lowest BCUT2D eigenvalue weighted by Crippen LogP contribution is -2.37. The fourth-order valence-corrected chi connectivity index (χ4v) is 1.60. The van der Waals surface area contributed by atoms with Gasteiger partial charge in [0.1, 0.15) is 0 Å². The number of rotatable bonds is 7. The van der Waals surface area contributed by atoms with Crippen LogP contribution in [0.4, 0.5) is 4.79 Å². The van der Waals surface area contributed by atoms with Gasteiger partial charge in [-0.05, 0) is 18.4 Å². The number of nitrogens with one attached hydrogen (secondary N) is 2. The van der Waals surface area contributed by atoms with E-state index in [0.717, 1.165) is 19.4 Å². The van der Waals surface area contributed by atoms with Crippen LogP contribution in [0.2, 0.25) is 0 Å². The maximum atomic E-state index is 11.4. The highest BCUT2D eigenvalue weighted by molar-refractivity contribution is 5.73. The highest BCUT2D eigenvalue weighted by atomic mass is 16.2. The van der Waals surface area contributed by atoms with Crippen molar-refractivity contribution in [3.8, 4) is 0 Å². The number of urea groups is 1. The van der Waals surface area contributed by atoms with E-state index in [1.54, 1.807) is 0 Å². The van der Waals surface area contributed by atoms with Gasteiger partial charge in [0.2, 0.25) is 0 Å². The molecule has 0 saturated heterocycles. The summed E-state index contributed by atoms with van der Waals surface area (Å²) >= 11 is 0. The average Bonchev–Trinajstić information content (AvgIpc) is 2.36. The smallest absolute Gasteiger partial charge is 0.314 e. The summed E-state index contributed by atoms with van der Waals surface area (Å²) in [5, 5.41) is 5.71. The van der Waals surface area contributed by atoms with Gasteiger partial charge in [0.05, 0.1) is 0 Å². The van der Waals surface area contributed by atoms with E-state index in [1.165, 1.54) is 18.4 Å². The lowest BCUT2D eigenvalue weighted by atomic mass is 10.1. The van der Waals surface area contributed by atoms with Crippen molar-refractivity contribution in [1.82, 2.24) is 10.6 Å². The zero-order valence-electron chi connectivity index (χ0n) is 10.5. The van der Waals surface area contributed by atoms with Gasteiger partial charge in [-0.2, -0.15) is 0 Å². The van der Waals surface area contributed by atoms with Crippen molar-refractivity contribution in [2.24, 2.45) is 0 Å². The molecular formula is C14H22N2O. The molecule has 0 heterocycles. The van der Waals surface area contributed by atoms with Crippen molar-refractivity contribution in [1.29, 1.82) is 0 Å². The minimum atomic E-state index is -0.0583. The van der Waals surface area contributed by atoms with Crippen LogP contribution in [-0.4, -0.2) is 19.1 Å². The van der Waals surface area contributed by atoms with E-state index in [1.807, 2.05) is 18.2 Å². The lowest BCUT2D eigenvalue weighted by Gasteiger charge is -2.07. The number of carbonyl (C=O) groups is 1. The number of unbranched alkanes of at least 4 members (excludes halogenated alkanes) is 2. The monoisotopic (exact) mass is 234 g/mol. The van der Waals surface area contributed by atoms with Crippen LogP contribution in [0.25, 0.3) is 0 Å². The van der Waals surface area contributed by atoms with Crippen molar-refractivity contribution >= 4 is 6.03 Å². The van der Waals surface area contributed by atoms with Gasteiger partial charge in [-0.25, -0.2) is 4.79 Å². The molecule has 2 amide bonds. The van der Waals surface area contributed by atoms with Gasteiger partial charge in [0.25, 0.3) is 0 Å². The van der Waals surface area contributed by atoms with Crippen molar-refractivity contribution in [2.45, 2.75) is 32.6 Å². The summed E-state index contributed by atoms with van der Waals surface area (Å²) in [5.74, 6) is 0. The zero-order valence-corrected chi connectivity index (χ0v) is 10.5. The van der Waals surface area contributed by atoms with Crippen LogP contribution >= 0.6 is 0 Å². The van der Waals surface area contributed by atoms with Crippen LogP contribution in [0.3, 0.4) is 0 Å². The van der Waals surface area contributed by atoms with Crippen LogP contribution in [-0.2, 0) is 6.42 Å². The molecule has 0 atom stereocenters. The Morgan fingerprint density at radius 3 is 2.47 bits per heavy atom. The summed E-state index contributed by atoms with van der Waals surface area (Å²) in [4.78, 5) is 11.4. The Balaban J connectivity index is 2.04. The topological polar surface area (TPSA) is 41.1 Å². The quantitative estimate of drug-likeness (QED) is 0.700. The van der Waals surface area contributed by atoms with Gasteiger partial charge < -0.3 is 10.6 Å². The first-order chi connectivity index (χ1) is 8.33. The molecule has 0 fully saturated rings. The van der Waals surface area contributed by atoms with Crippen LogP contribution in [0.15, 0.2) is 30.3 Å². The van der Waals surface area contributed by atoms with E-state index in [9.17, 15) is 4.79 Å². The maximum absolute atomic E-state index is 11.4. The first-order valence-corrected chi connectivity index (χ1v) is 6.38. The molecule has 3 nitrogen and oxygen atoms in total. The minimum Gasteiger partial charge on any atom is -0.338 e. The Hall–Kier alpha value is -1.51. The van der Waals surface area contributed by atoms with E-state index in [-0.39, 0.29) is 6.03 Å². The number of amides is 2. The lowest BCUT2D eigenvalue weighted by molar-refractivity contribution is 0.241. The predicted molar refractivity (Wildman–Crippen MR) is 71.1 cm³/mol. The van der Waals surface area contributed by atoms with E-state index in [2.05, 4.69) is 29.7 Å². The van der Waals surface area contributed by atoms with Gasteiger partial charge in [-0.3, -0.25) is 0 Å². The van der Waals surface area contributed by atoms with Crippen LogP contribution in [0.1, 0.15) is 31.7 Å². The number of hydrogen-bond donors (Lipinski definition) is 2. The highest BCUT2D eigenvalue weighted by Gasteiger charge is 1.98. The fraction of sp³-hybridized carbons (Fsp3) is 0.500. The minimum absolute atomic E-state index is 0.0583. The Bertz CT molecular complexity index is 311. The first kappa shape index (κ1) is 13.6. The first-order valence-electron chi connectivity index (χ1n) is 6.38. The van der Waals surface area contributed by atoms with Gasteiger partial charge in [0.15, 0.2) is 0 Å². The molecule has 0 unspecified atom stereocenters. The van der Waals surface area contributed by atoms with Gasteiger partial charge in [0, 0.05) is 13.1 Å². The molecule has 0 bridgehead atoms. The molecule has 0 spiro atoms. The molecule has 1 rings (SSSR count). The molecule has 0 saturated carbocycles. The molecule has 1 aromatic carbocycles. The van der Waals surface area contributed by atoms with E-state index in [4.69, 9.17) is 0 Å². The Kier molecular flexibility index (Phi) is 6.87. The molecule has 1 aromatic rings. The third kappa shape index (κ3) is 6.61. The largest absolute Gasteiger partial charge is 0.338 e. The highest BCUT2D eigenvalue weighted by Crippen LogP contribution is 1.98. The Morgan fingerprint density at radius 1 is 1.06 bits per heavy atom. The van der Waals surface area contributed by atoms with Crippen molar-refractivity contribution in [3.63, 3.8) is 0 Å². The summed E-state index contributed by atoms with van der Waals surface area (Å²) in [6.45, 7) is 3.61. The normalized spacial score (nSPS) is 9.94. The molecule has 3 heteroatoms. The standard InChI is InChI=1S/C14H22N2O/c1-2-3-7-11-15-14(17)16-12-10-13-8-5-4-6-9-13/h4-6,8-9H,2-3,7,10-12H2,1H3,(H2,15,16,17). The fourth-order valence-electron chi connectivity index (χ4n) is 1.60. The van der Waals surface area contributed by atoms with Gasteiger partial charge in [-0.15, -0.1) is 0 Å². The summed E-state index contributed by atoms with van der Waals surface area (Å²) in [7, 11) is 0. The van der Waals surface area contributed by atoms with Gasteiger partial charge >= 0.3 is 6.03 Å². The third-order valence-electron chi connectivity index (χ3n) is 2.61. The van der Waals surface area contributed by atoms with E-state index in [0.29, 0.717) is 6.54 Å². The van der Waals surface area contributed by atoms with Crippen molar-refractivity contribution in [3.05, 3.63) is 35.9 Å². The Labute approximate surface area is 104 Å². The van der Waals surface area contributed by atoms with Crippen LogP contribution in [0.5, 0.6) is 0 Å². The molecular weight excluding hydrogens is 212 g/mol. The molecule has 0 aliphatic rings. The number of carbonyl (C=O) groups excluding carboxylic acids is 1. The van der Waals surface area contributed by atoms with Crippen LogP contribution in [0, 0.1) is 0 Å². The molecule has 94 valence electrons. The predicted octanol–water partition coefficient (Wildman–Crippen LogP) is 2.72. The second-order valence-corrected chi connectivity index (χ2v) is 4.13. The average molecular weight is 234 g/mol. The molecule has 0 aliphatic carbocycles. The molecule has 0 radical (unpaired) electrons. The van der Waals surface area contributed by atoms with Crippen molar-refractivity contribution in [2.75, 3.05) is 13.1 Å². The Morgan fingerprint density at radius 2 is 1.76 bits per heavy atom. The maximum Gasteiger partial charge on any atom is 0.314 e. The summed E-state index contributed by atoms with van der Waals surface area (Å²) in [6, 6.07) is 10.1. The number of benzene rings is 1. The summed E-state index contributed by atoms with van der Waals surface area (Å²) in [6.07, 6.45) is 4.29. The van der Waals surface area contributed by atoms with Crippen molar-refractivity contribution < 1.29 is 4.79 Å². The second kappa shape index (κ2) is 8.62. The van der Waals surface area contributed by atoms with Crippen LogP contribution < -0.4 is 10.6 Å². The second-order valence-electron chi connectivity index (χ2n) is 4.13. The molecule has 2 N–H and O–H groups in total. The summed E-state index contributed by atoms with van der Waals surface area (Å²) < 4.78 is 0.